The van der Waals surface area contributed by atoms with Crippen molar-refractivity contribution < 1.29 is 9.59 Å². The molecular formula is C9H11ClN2O2S. The second-order valence-corrected chi connectivity index (χ2v) is 4.53. The van der Waals surface area contributed by atoms with Gasteiger partial charge in [-0.3, -0.25) is 9.59 Å². The highest BCUT2D eigenvalue weighted by Gasteiger charge is 2.18. The summed E-state index contributed by atoms with van der Waals surface area (Å²) in [4.78, 5) is 23.2. The van der Waals surface area contributed by atoms with E-state index in [-0.39, 0.29) is 11.8 Å². The molecule has 0 aliphatic rings. The molecule has 2 amide bonds. The quantitative estimate of drug-likeness (QED) is 0.796. The molecule has 0 saturated carbocycles. The van der Waals surface area contributed by atoms with Crippen molar-refractivity contribution in [2.75, 3.05) is 11.2 Å². The van der Waals surface area contributed by atoms with E-state index in [9.17, 15) is 9.59 Å². The van der Waals surface area contributed by atoms with Gasteiger partial charge in [0, 0.05) is 4.88 Å². The van der Waals surface area contributed by atoms with Gasteiger partial charge in [-0.2, -0.15) is 0 Å². The van der Waals surface area contributed by atoms with Gasteiger partial charge in [-0.25, -0.2) is 0 Å². The smallest absolute Gasteiger partial charge is 0.251 e. The van der Waals surface area contributed by atoms with Crippen molar-refractivity contribution in [1.82, 2.24) is 0 Å². The van der Waals surface area contributed by atoms with Crippen LogP contribution in [-0.4, -0.2) is 17.7 Å². The Hall–Kier alpha value is -1.07. The molecule has 3 N–H and O–H groups in total. The summed E-state index contributed by atoms with van der Waals surface area (Å²) in [5.41, 5.74) is 6.40. The number of nitrogens with two attached hydrogens (primary N) is 1. The van der Waals surface area contributed by atoms with Gasteiger partial charge in [0.05, 0.1) is 5.56 Å². The molecule has 0 unspecified atom stereocenters. The van der Waals surface area contributed by atoms with Crippen LogP contribution in [0.25, 0.3) is 0 Å². The zero-order valence-corrected chi connectivity index (χ0v) is 9.96. The highest BCUT2D eigenvalue weighted by Crippen LogP contribution is 2.31. The second-order valence-electron chi connectivity index (χ2n) is 3.03. The third kappa shape index (κ3) is 2.49. The van der Waals surface area contributed by atoms with Crippen LogP contribution in [0, 0.1) is 13.8 Å². The fraction of sp³-hybridized carbons (Fsp3) is 0.333. The summed E-state index contributed by atoms with van der Waals surface area (Å²) in [6, 6.07) is 0. The number of rotatable bonds is 3. The second kappa shape index (κ2) is 4.63. The average molecular weight is 247 g/mol. The van der Waals surface area contributed by atoms with Crippen LogP contribution in [0.3, 0.4) is 0 Å². The lowest BCUT2D eigenvalue weighted by molar-refractivity contribution is -0.113. The van der Waals surface area contributed by atoms with Gasteiger partial charge in [-0.05, 0) is 19.4 Å². The molecule has 0 aliphatic heterocycles. The van der Waals surface area contributed by atoms with Gasteiger partial charge in [0.15, 0.2) is 0 Å². The molecule has 0 atom stereocenters. The summed E-state index contributed by atoms with van der Waals surface area (Å²) in [6.07, 6.45) is 0. The number of nitrogens with one attached hydrogen (secondary N) is 1. The number of carbonyl (C=O) groups is 2. The van der Waals surface area contributed by atoms with Gasteiger partial charge in [-0.1, -0.05) is 0 Å². The molecule has 0 aromatic carbocycles. The first-order valence-corrected chi connectivity index (χ1v) is 5.58. The van der Waals surface area contributed by atoms with E-state index in [1.807, 2.05) is 6.92 Å². The molecule has 6 heteroatoms. The van der Waals surface area contributed by atoms with Crippen molar-refractivity contribution in [3.05, 3.63) is 16.0 Å². The maximum Gasteiger partial charge on any atom is 0.251 e. The minimum absolute atomic E-state index is 0.145. The van der Waals surface area contributed by atoms with E-state index in [1.165, 1.54) is 11.3 Å². The van der Waals surface area contributed by atoms with E-state index in [1.54, 1.807) is 6.92 Å². The number of anilines is 1. The number of aryl methyl sites for hydroxylation is 1. The summed E-state index contributed by atoms with van der Waals surface area (Å²) in [5.74, 6) is -1.03. The third-order valence-electron chi connectivity index (χ3n) is 2.01. The van der Waals surface area contributed by atoms with E-state index in [4.69, 9.17) is 17.3 Å². The molecule has 1 aromatic rings. The number of alkyl halides is 1. The number of thiophene rings is 1. The van der Waals surface area contributed by atoms with Gasteiger partial charge in [0.2, 0.25) is 5.91 Å². The zero-order valence-electron chi connectivity index (χ0n) is 8.39. The van der Waals surface area contributed by atoms with E-state index in [0.717, 1.165) is 10.4 Å². The molecule has 1 aromatic heterocycles. The Morgan fingerprint density at radius 1 is 1.47 bits per heavy atom. The molecular weight excluding hydrogens is 236 g/mol. The number of hydrogen-bond donors (Lipinski definition) is 2. The number of primary amides is 1. The lowest BCUT2D eigenvalue weighted by Gasteiger charge is -2.02. The lowest BCUT2D eigenvalue weighted by Crippen LogP contribution is -2.17. The van der Waals surface area contributed by atoms with Crippen LogP contribution in [-0.2, 0) is 4.79 Å². The van der Waals surface area contributed by atoms with Crippen molar-refractivity contribution in [2.24, 2.45) is 5.73 Å². The Labute approximate surface area is 96.4 Å². The third-order valence-corrected chi connectivity index (χ3v) is 3.37. The van der Waals surface area contributed by atoms with Gasteiger partial charge < -0.3 is 11.1 Å². The molecule has 0 bridgehead atoms. The topological polar surface area (TPSA) is 72.2 Å². The molecule has 1 rings (SSSR count). The maximum absolute atomic E-state index is 11.2. The first-order valence-electron chi connectivity index (χ1n) is 4.23. The van der Waals surface area contributed by atoms with Crippen LogP contribution >= 0.6 is 22.9 Å². The highest BCUT2D eigenvalue weighted by molar-refractivity contribution is 7.16. The summed E-state index contributed by atoms with van der Waals surface area (Å²) in [7, 11) is 0. The number of halogens is 1. The van der Waals surface area contributed by atoms with Crippen molar-refractivity contribution in [3.63, 3.8) is 0 Å². The maximum atomic E-state index is 11.2. The first kappa shape index (κ1) is 12.0. The predicted molar refractivity (Wildman–Crippen MR) is 61.7 cm³/mol. The summed E-state index contributed by atoms with van der Waals surface area (Å²) >= 11 is 6.68. The molecule has 15 heavy (non-hydrogen) atoms. The normalized spacial score (nSPS) is 10.1. The summed E-state index contributed by atoms with van der Waals surface area (Å²) in [6.45, 7) is 3.66. The Morgan fingerprint density at radius 2 is 2.07 bits per heavy atom. The molecule has 0 radical (unpaired) electrons. The minimum atomic E-state index is -0.540. The summed E-state index contributed by atoms with van der Waals surface area (Å²) < 4.78 is 0. The fourth-order valence-corrected chi connectivity index (χ4v) is 2.32. The zero-order chi connectivity index (χ0) is 11.6. The largest absolute Gasteiger partial charge is 0.365 e. The standard InChI is InChI=1S/C9H11ClN2O2S/c1-4-5(2)15-9(7(4)8(11)14)12-6(13)3-10/h3H2,1-2H3,(H2,11,14)(H,12,13). The van der Waals surface area contributed by atoms with Crippen molar-refractivity contribution >= 4 is 39.8 Å². The predicted octanol–water partition coefficient (Wildman–Crippen LogP) is 1.64. The van der Waals surface area contributed by atoms with Crippen LogP contribution in [0.4, 0.5) is 5.00 Å². The van der Waals surface area contributed by atoms with Gasteiger partial charge >= 0.3 is 0 Å². The van der Waals surface area contributed by atoms with Gasteiger partial charge in [-0.15, -0.1) is 22.9 Å². The molecule has 0 fully saturated rings. The van der Waals surface area contributed by atoms with E-state index < -0.39 is 5.91 Å². The van der Waals surface area contributed by atoms with Gasteiger partial charge in [0.1, 0.15) is 10.9 Å². The van der Waals surface area contributed by atoms with Crippen molar-refractivity contribution in [2.45, 2.75) is 13.8 Å². The molecule has 1 heterocycles. The number of amides is 2. The lowest BCUT2D eigenvalue weighted by atomic mass is 10.1. The minimum Gasteiger partial charge on any atom is -0.365 e. The fourth-order valence-electron chi connectivity index (χ4n) is 1.17. The number of hydrogen-bond acceptors (Lipinski definition) is 3. The Bertz CT molecular complexity index is 414. The Kier molecular flexibility index (Phi) is 3.71. The van der Waals surface area contributed by atoms with Crippen LogP contribution in [0.2, 0.25) is 0 Å². The van der Waals surface area contributed by atoms with E-state index in [2.05, 4.69) is 5.32 Å². The molecule has 0 aliphatic carbocycles. The molecule has 82 valence electrons. The molecule has 0 spiro atoms. The van der Waals surface area contributed by atoms with E-state index in [0.29, 0.717) is 10.6 Å². The monoisotopic (exact) mass is 246 g/mol. The molecule has 0 saturated heterocycles. The average Bonchev–Trinajstić information content (AvgIpc) is 2.42. The Balaban J connectivity index is 3.12. The van der Waals surface area contributed by atoms with Crippen LogP contribution < -0.4 is 11.1 Å². The highest BCUT2D eigenvalue weighted by atomic mass is 35.5. The van der Waals surface area contributed by atoms with E-state index >= 15 is 0 Å². The van der Waals surface area contributed by atoms with Gasteiger partial charge in [0.25, 0.3) is 5.91 Å². The molecule has 4 nitrogen and oxygen atoms in total. The van der Waals surface area contributed by atoms with Crippen molar-refractivity contribution in [3.8, 4) is 0 Å². The Morgan fingerprint density at radius 3 is 2.53 bits per heavy atom. The number of carbonyl (C=O) groups excluding carboxylic acids is 2. The van der Waals surface area contributed by atoms with Crippen LogP contribution in [0.1, 0.15) is 20.8 Å². The SMILES string of the molecule is Cc1sc(NC(=O)CCl)c(C(N)=O)c1C. The van der Waals surface area contributed by atoms with Crippen LogP contribution in [0.5, 0.6) is 0 Å². The first-order chi connectivity index (χ1) is 6.97. The summed E-state index contributed by atoms with van der Waals surface area (Å²) in [5, 5.41) is 3.03. The van der Waals surface area contributed by atoms with Crippen LogP contribution in [0.15, 0.2) is 0 Å². The van der Waals surface area contributed by atoms with Crippen molar-refractivity contribution in [1.29, 1.82) is 0 Å².